The van der Waals surface area contributed by atoms with Crippen LogP contribution in [-0.4, -0.2) is 85.7 Å². The molecule has 2 heterocycles. The predicted molar refractivity (Wildman–Crippen MR) is 79.8 cm³/mol. The van der Waals surface area contributed by atoms with Crippen LogP contribution in [0.5, 0.6) is 0 Å². The molecule has 0 bridgehead atoms. The lowest BCUT2D eigenvalue weighted by atomic mass is 10.1. The standard InChI is InChI=1S/C15H29N3O2/c1-3-14-12-16(13-15(19)18-6-5-7-18)8-9-17(14)10-11-20-4-2/h14H,3-13H2,1-2H3/t14-/m0/s1. The summed E-state index contributed by atoms with van der Waals surface area (Å²) in [4.78, 5) is 18.8. The van der Waals surface area contributed by atoms with E-state index in [4.69, 9.17) is 4.74 Å². The highest BCUT2D eigenvalue weighted by molar-refractivity contribution is 5.78. The molecule has 0 aromatic heterocycles. The number of carbonyl (C=O) groups excluding carboxylic acids is 1. The van der Waals surface area contributed by atoms with Crippen LogP contribution in [0.4, 0.5) is 0 Å². The van der Waals surface area contributed by atoms with Crippen molar-refractivity contribution in [2.75, 3.05) is 59.0 Å². The summed E-state index contributed by atoms with van der Waals surface area (Å²) >= 11 is 0. The van der Waals surface area contributed by atoms with Gasteiger partial charge in [-0.3, -0.25) is 14.6 Å². The summed E-state index contributed by atoms with van der Waals surface area (Å²) in [6, 6.07) is 0.563. The van der Waals surface area contributed by atoms with Gasteiger partial charge in [0, 0.05) is 51.9 Å². The zero-order valence-corrected chi connectivity index (χ0v) is 13.0. The lowest BCUT2D eigenvalue weighted by molar-refractivity contribution is -0.136. The third-order valence-corrected chi connectivity index (χ3v) is 4.45. The van der Waals surface area contributed by atoms with Gasteiger partial charge in [0.25, 0.3) is 0 Å². The van der Waals surface area contributed by atoms with Crippen LogP contribution in [0.25, 0.3) is 0 Å². The van der Waals surface area contributed by atoms with Gasteiger partial charge in [0.1, 0.15) is 0 Å². The maximum Gasteiger partial charge on any atom is 0.236 e. The Morgan fingerprint density at radius 1 is 1.20 bits per heavy atom. The lowest BCUT2D eigenvalue weighted by Crippen LogP contribution is -2.56. The van der Waals surface area contributed by atoms with E-state index in [0.717, 1.165) is 58.9 Å². The molecule has 0 saturated carbocycles. The summed E-state index contributed by atoms with van der Waals surface area (Å²) in [6.45, 7) is 12.5. The number of piperazine rings is 1. The fourth-order valence-electron chi connectivity index (χ4n) is 2.97. The first-order valence-corrected chi connectivity index (χ1v) is 8.06. The van der Waals surface area contributed by atoms with Crippen molar-refractivity contribution in [1.29, 1.82) is 0 Å². The fourth-order valence-corrected chi connectivity index (χ4v) is 2.97. The monoisotopic (exact) mass is 283 g/mol. The van der Waals surface area contributed by atoms with Crippen molar-refractivity contribution in [2.24, 2.45) is 0 Å². The average Bonchev–Trinajstić information content (AvgIpc) is 2.38. The summed E-state index contributed by atoms with van der Waals surface area (Å²) < 4.78 is 5.46. The SMILES string of the molecule is CCOCCN1CCN(CC(=O)N2CCC2)C[C@@H]1CC. The largest absolute Gasteiger partial charge is 0.380 e. The van der Waals surface area contributed by atoms with Gasteiger partial charge in [0.05, 0.1) is 13.2 Å². The number of rotatable bonds is 7. The van der Waals surface area contributed by atoms with E-state index in [9.17, 15) is 4.79 Å². The van der Waals surface area contributed by atoms with Crippen LogP contribution in [0, 0.1) is 0 Å². The molecule has 0 unspecified atom stereocenters. The maximum atomic E-state index is 12.0. The molecule has 2 aliphatic rings. The van der Waals surface area contributed by atoms with Crippen molar-refractivity contribution in [3.05, 3.63) is 0 Å². The number of ether oxygens (including phenoxy) is 1. The minimum atomic E-state index is 0.314. The van der Waals surface area contributed by atoms with Gasteiger partial charge in [-0.05, 0) is 19.8 Å². The van der Waals surface area contributed by atoms with Gasteiger partial charge >= 0.3 is 0 Å². The van der Waals surface area contributed by atoms with Gasteiger partial charge < -0.3 is 9.64 Å². The molecular weight excluding hydrogens is 254 g/mol. The third kappa shape index (κ3) is 4.17. The summed E-state index contributed by atoms with van der Waals surface area (Å²) in [5.41, 5.74) is 0. The van der Waals surface area contributed by atoms with E-state index in [-0.39, 0.29) is 0 Å². The van der Waals surface area contributed by atoms with Crippen molar-refractivity contribution in [3.8, 4) is 0 Å². The topological polar surface area (TPSA) is 36.0 Å². The maximum absolute atomic E-state index is 12.0. The second-order valence-corrected chi connectivity index (χ2v) is 5.76. The van der Waals surface area contributed by atoms with Crippen LogP contribution in [-0.2, 0) is 9.53 Å². The number of amides is 1. The highest BCUT2D eigenvalue weighted by Gasteiger charge is 2.28. The molecule has 0 N–H and O–H groups in total. The van der Waals surface area contributed by atoms with Gasteiger partial charge in [-0.15, -0.1) is 0 Å². The first-order valence-electron chi connectivity index (χ1n) is 8.06. The lowest BCUT2D eigenvalue weighted by Gasteiger charge is -2.42. The van der Waals surface area contributed by atoms with Crippen molar-refractivity contribution in [3.63, 3.8) is 0 Å². The Labute approximate surface area is 122 Å². The van der Waals surface area contributed by atoms with Gasteiger partial charge in [-0.1, -0.05) is 6.92 Å². The zero-order chi connectivity index (χ0) is 14.4. The zero-order valence-electron chi connectivity index (χ0n) is 13.0. The first-order chi connectivity index (χ1) is 9.74. The van der Waals surface area contributed by atoms with Gasteiger partial charge in [0.15, 0.2) is 0 Å². The normalized spacial score (nSPS) is 24.7. The Bertz CT molecular complexity index is 307. The van der Waals surface area contributed by atoms with Crippen molar-refractivity contribution in [2.45, 2.75) is 32.7 Å². The van der Waals surface area contributed by atoms with E-state index in [1.807, 2.05) is 11.8 Å². The molecule has 0 aliphatic carbocycles. The molecule has 2 aliphatic heterocycles. The Morgan fingerprint density at radius 2 is 2.00 bits per heavy atom. The van der Waals surface area contributed by atoms with Gasteiger partial charge in [-0.25, -0.2) is 0 Å². The molecule has 0 spiro atoms. The smallest absolute Gasteiger partial charge is 0.236 e. The van der Waals surface area contributed by atoms with E-state index in [1.54, 1.807) is 0 Å². The second kappa shape index (κ2) is 7.96. The molecule has 1 amide bonds. The van der Waals surface area contributed by atoms with Crippen molar-refractivity contribution < 1.29 is 9.53 Å². The van der Waals surface area contributed by atoms with Gasteiger partial charge in [-0.2, -0.15) is 0 Å². The van der Waals surface area contributed by atoms with Crippen molar-refractivity contribution in [1.82, 2.24) is 14.7 Å². The Kier molecular flexibility index (Phi) is 6.26. The molecule has 5 heteroatoms. The molecule has 2 rings (SSSR count). The van der Waals surface area contributed by atoms with Crippen LogP contribution in [0.1, 0.15) is 26.7 Å². The van der Waals surface area contributed by atoms with Crippen LogP contribution in [0.15, 0.2) is 0 Å². The van der Waals surface area contributed by atoms with E-state index < -0.39 is 0 Å². The average molecular weight is 283 g/mol. The van der Waals surface area contributed by atoms with E-state index in [0.29, 0.717) is 18.5 Å². The van der Waals surface area contributed by atoms with E-state index >= 15 is 0 Å². The van der Waals surface area contributed by atoms with E-state index in [1.165, 1.54) is 6.42 Å². The Balaban J connectivity index is 1.74. The van der Waals surface area contributed by atoms with Crippen molar-refractivity contribution >= 4 is 5.91 Å². The predicted octanol–water partition coefficient (Wildman–Crippen LogP) is 0.651. The summed E-state index contributed by atoms with van der Waals surface area (Å²) in [7, 11) is 0. The molecule has 1 atom stereocenters. The van der Waals surface area contributed by atoms with Crippen LogP contribution in [0.3, 0.4) is 0 Å². The fraction of sp³-hybridized carbons (Fsp3) is 0.933. The number of hydrogen-bond acceptors (Lipinski definition) is 4. The van der Waals surface area contributed by atoms with Gasteiger partial charge in [0.2, 0.25) is 5.91 Å². The number of carbonyl (C=O) groups is 1. The second-order valence-electron chi connectivity index (χ2n) is 5.76. The first kappa shape index (κ1) is 15.7. The Hall–Kier alpha value is -0.650. The number of likely N-dealkylation sites (tertiary alicyclic amines) is 1. The highest BCUT2D eigenvalue weighted by Crippen LogP contribution is 2.14. The van der Waals surface area contributed by atoms with Crippen LogP contribution < -0.4 is 0 Å². The summed E-state index contributed by atoms with van der Waals surface area (Å²) in [6.07, 6.45) is 2.31. The molecule has 116 valence electrons. The minimum Gasteiger partial charge on any atom is -0.380 e. The molecule has 0 aromatic carbocycles. The minimum absolute atomic E-state index is 0.314. The molecule has 5 nitrogen and oxygen atoms in total. The number of hydrogen-bond donors (Lipinski definition) is 0. The quantitative estimate of drug-likeness (QED) is 0.643. The molecule has 2 saturated heterocycles. The molecule has 0 aromatic rings. The third-order valence-electron chi connectivity index (χ3n) is 4.45. The van der Waals surface area contributed by atoms with Crippen LogP contribution >= 0.6 is 0 Å². The summed E-state index contributed by atoms with van der Waals surface area (Å²) in [5, 5.41) is 0. The molecule has 20 heavy (non-hydrogen) atoms. The number of nitrogens with zero attached hydrogens (tertiary/aromatic N) is 3. The highest BCUT2D eigenvalue weighted by atomic mass is 16.5. The summed E-state index contributed by atoms with van der Waals surface area (Å²) in [5.74, 6) is 0.314. The molecule has 2 fully saturated rings. The van der Waals surface area contributed by atoms with E-state index in [2.05, 4.69) is 16.7 Å². The molecular formula is C15H29N3O2. The van der Waals surface area contributed by atoms with Crippen LogP contribution in [0.2, 0.25) is 0 Å². The molecule has 0 radical (unpaired) electrons. The Morgan fingerprint density at radius 3 is 2.60 bits per heavy atom.